The summed E-state index contributed by atoms with van der Waals surface area (Å²) in [4.78, 5) is 27.0. The van der Waals surface area contributed by atoms with E-state index >= 15 is 0 Å². The van der Waals surface area contributed by atoms with E-state index in [0.29, 0.717) is 0 Å². The van der Waals surface area contributed by atoms with E-state index in [1.165, 1.54) is 30.5 Å². The van der Waals surface area contributed by atoms with Crippen LogP contribution in [-0.2, 0) is 11.2 Å². The molecule has 6 heteroatoms. The molecule has 0 aliphatic rings. The maximum atomic E-state index is 13.6. The highest BCUT2D eigenvalue weighted by molar-refractivity contribution is 5.94. The van der Waals surface area contributed by atoms with Gasteiger partial charge >= 0.3 is 5.97 Å². The number of rotatable bonds is 5. The molecule has 0 aliphatic carbocycles. The zero-order chi connectivity index (χ0) is 15.2. The van der Waals surface area contributed by atoms with E-state index in [2.05, 4.69) is 10.3 Å². The number of hydrogen-bond donors (Lipinski definition) is 2. The number of hydrogen-bond acceptors (Lipinski definition) is 3. The van der Waals surface area contributed by atoms with Gasteiger partial charge in [0, 0.05) is 12.6 Å². The monoisotopic (exact) mass is 288 g/mol. The summed E-state index contributed by atoms with van der Waals surface area (Å²) < 4.78 is 13.6. The third-order valence-corrected chi connectivity index (χ3v) is 2.88. The van der Waals surface area contributed by atoms with E-state index in [1.54, 1.807) is 18.2 Å². The van der Waals surface area contributed by atoms with Crippen molar-refractivity contribution in [1.82, 2.24) is 10.3 Å². The maximum Gasteiger partial charge on any atom is 0.326 e. The number of aromatic nitrogens is 1. The SMILES string of the molecule is O=C(NC(Cc1ccccc1F)C(=O)O)c1ccccn1. The quantitative estimate of drug-likeness (QED) is 0.876. The molecule has 2 aromatic rings. The average molecular weight is 288 g/mol. The normalized spacial score (nSPS) is 11.7. The first-order chi connectivity index (χ1) is 10.1. The molecule has 1 aromatic heterocycles. The highest BCUT2D eigenvalue weighted by Crippen LogP contribution is 2.10. The Morgan fingerprint density at radius 3 is 2.52 bits per heavy atom. The van der Waals surface area contributed by atoms with Crippen molar-refractivity contribution >= 4 is 11.9 Å². The fourth-order valence-corrected chi connectivity index (χ4v) is 1.81. The minimum atomic E-state index is -1.23. The summed E-state index contributed by atoms with van der Waals surface area (Å²) in [7, 11) is 0. The second-order valence-electron chi connectivity index (χ2n) is 4.37. The van der Waals surface area contributed by atoms with Gasteiger partial charge in [-0.1, -0.05) is 24.3 Å². The number of halogens is 1. The molecule has 1 unspecified atom stereocenters. The zero-order valence-corrected chi connectivity index (χ0v) is 11.0. The number of nitrogens with zero attached hydrogens (tertiary/aromatic N) is 1. The maximum absolute atomic E-state index is 13.6. The van der Waals surface area contributed by atoms with Gasteiger partial charge in [0.15, 0.2) is 0 Å². The van der Waals surface area contributed by atoms with Gasteiger partial charge in [0.25, 0.3) is 5.91 Å². The number of carbonyl (C=O) groups excluding carboxylic acids is 1. The lowest BCUT2D eigenvalue weighted by Crippen LogP contribution is -2.42. The minimum absolute atomic E-state index is 0.109. The number of amides is 1. The van der Waals surface area contributed by atoms with E-state index in [1.807, 2.05) is 0 Å². The van der Waals surface area contributed by atoms with Gasteiger partial charge in [-0.25, -0.2) is 9.18 Å². The van der Waals surface area contributed by atoms with Crippen molar-refractivity contribution in [1.29, 1.82) is 0 Å². The Balaban J connectivity index is 2.12. The third-order valence-electron chi connectivity index (χ3n) is 2.88. The summed E-state index contributed by atoms with van der Waals surface area (Å²) in [5.41, 5.74) is 0.337. The lowest BCUT2D eigenvalue weighted by atomic mass is 10.1. The smallest absolute Gasteiger partial charge is 0.326 e. The van der Waals surface area contributed by atoms with Gasteiger partial charge in [0.05, 0.1) is 0 Å². The van der Waals surface area contributed by atoms with Crippen molar-refractivity contribution in [3.8, 4) is 0 Å². The van der Waals surface area contributed by atoms with Crippen LogP contribution in [0.5, 0.6) is 0 Å². The molecule has 0 radical (unpaired) electrons. The standard InChI is InChI=1S/C15H13FN2O3/c16-11-6-2-1-5-10(11)9-13(15(20)21)18-14(19)12-7-3-4-8-17-12/h1-8,13H,9H2,(H,18,19)(H,20,21). The van der Waals surface area contributed by atoms with Gasteiger partial charge in [-0.15, -0.1) is 0 Å². The van der Waals surface area contributed by atoms with E-state index in [0.717, 1.165) is 0 Å². The van der Waals surface area contributed by atoms with E-state index in [4.69, 9.17) is 5.11 Å². The molecule has 0 bridgehead atoms. The summed E-state index contributed by atoms with van der Waals surface area (Å²) in [5, 5.41) is 11.5. The molecule has 21 heavy (non-hydrogen) atoms. The van der Waals surface area contributed by atoms with Crippen LogP contribution in [0.15, 0.2) is 48.7 Å². The van der Waals surface area contributed by atoms with Crippen LogP contribution in [0.3, 0.4) is 0 Å². The molecule has 2 N–H and O–H groups in total. The molecule has 1 aromatic carbocycles. The zero-order valence-electron chi connectivity index (χ0n) is 11.0. The first-order valence-electron chi connectivity index (χ1n) is 6.26. The minimum Gasteiger partial charge on any atom is -0.480 e. The molecule has 1 heterocycles. The number of pyridine rings is 1. The number of aliphatic carboxylic acids is 1. The lowest BCUT2D eigenvalue weighted by molar-refractivity contribution is -0.139. The molecule has 5 nitrogen and oxygen atoms in total. The first kappa shape index (κ1) is 14.6. The molecule has 108 valence electrons. The number of carboxylic acid groups (broad SMARTS) is 1. The molecule has 0 spiro atoms. The second-order valence-corrected chi connectivity index (χ2v) is 4.37. The molecule has 0 aliphatic heterocycles. The Labute approximate surface area is 120 Å². The molecule has 1 atom stereocenters. The largest absolute Gasteiger partial charge is 0.480 e. The summed E-state index contributed by atoms with van der Waals surface area (Å²) in [6.07, 6.45) is 1.29. The summed E-state index contributed by atoms with van der Waals surface area (Å²) in [5.74, 6) is -2.35. The summed E-state index contributed by atoms with van der Waals surface area (Å²) in [6, 6.07) is 9.36. The second kappa shape index (κ2) is 6.60. The molecule has 0 saturated heterocycles. The van der Waals surface area contributed by atoms with E-state index in [-0.39, 0.29) is 17.7 Å². The highest BCUT2D eigenvalue weighted by Gasteiger charge is 2.22. The summed E-state index contributed by atoms with van der Waals surface area (Å²) in [6.45, 7) is 0. The van der Waals surface area contributed by atoms with Crippen LogP contribution in [0, 0.1) is 5.82 Å². The van der Waals surface area contributed by atoms with Crippen molar-refractivity contribution in [2.75, 3.05) is 0 Å². The van der Waals surface area contributed by atoms with Crippen LogP contribution in [0.1, 0.15) is 16.1 Å². The number of benzene rings is 1. The Bertz CT molecular complexity index is 646. The van der Waals surface area contributed by atoms with Crippen molar-refractivity contribution in [2.45, 2.75) is 12.5 Å². The predicted octanol–water partition coefficient (Wildman–Crippen LogP) is 1.65. The van der Waals surface area contributed by atoms with Crippen molar-refractivity contribution < 1.29 is 19.1 Å². The Morgan fingerprint density at radius 1 is 1.19 bits per heavy atom. The molecule has 2 rings (SSSR count). The van der Waals surface area contributed by atoms with Crippen molar-refractivity contribution in [2.24, 2.45) is 0 Å². The average Bonchev–Trinajstić information content (AvgIpc) is 2.49. The van der Waals surface area contributed by atoms with E-state index in [9.17, 15) is 14.0 Å². The van der Waals surface area contributed by atoms with Gasteiger partial charge in [0.2, 0.25) is 0 Å². The summed E-state index contributed by atoms with van der Waals surface area (Å²) >= 11 is 0. The third kappa shape index (κ3) is 3.85. The predicted molar refractivity (Wildman–Crippen MR) is 73.2 cm³/mol. The number of nitrogens with one attached hydrogen (secondary N) is 1. The number of carboxylic acids is 1. The van der Waals surface area contributed by atoms with Crippen LogP contribution < -0.4 is 5.32 Å². The first-order valence-corrected chi connectivity index (χ1v) is 6.26. The molecular weight excluding hydrogens is 275 g/mol. The van der Waals surface area contributed by atoms with Gasteiger partial charge < -0.3 is 10.4 Å². The Hall–Kier alpha value is -2.76. The molecule has 0 fully saturated rings. The van der Waals surface area contributed by atoms with Crippen LogP contribution in [0.4, 0.5) is 4.39 Å². The van der Waals surface area contributed by atoms with Crippen LogP contribution in [-0.4, -0.2) is 28.0 Å². The molecule has 0 saturated carbocycles. The highest BCUT2D eigenvalue weighted by atomic mass is 19.1. The Kier molecular flexibility index (Phi) is 4.61. The Morgan fingerprint density at radius 2 is 1.90 bits per heavy atom. The van der Waals surface area contributed by atoms with Crippen molar-refractivity contribution in [3.05, 3.63) is 65.7 Å². The van der Waals surface area contributed by atoms with E-state index < -0.39 is 23.7 Å². The van der Waals surface area contributed by atoms with Gasteiger partial charge in [0.1, 0.15) is 17.6 Å². The fraction of sp³-hybridized carbons (Fsp3) is 0.133. The molecular formula is C15H13FN2O3. The fourth-order valence-electron chi connectivity index (χ4n) is 1.81. The topological polar surface area (TPSA) is 79.3 Å². The molecule has 1 amide bonds. The van der Waals surface area contributed by atoms with Crippen LogP contribution in [0.2, 0.25) is 0 Å². The van der Waals surface area contributed by atoms with Gasteiger partial charge in [-0.05, 0) is 23.8 Å². The van der Waals surface area contributed by atoms with Crippen LogP contribution >= 0.6 is 0 Å². The van der Waals surface area contributed by atoms with Gasteiger partial charge in [-0.3, -0.25) is 9.78 Å². The van der Waals surface area contributed by atoms with Gasteiger partial charge in [-0.2, -0.15) is 0 Å². The lowest BCUT2D eigenvalue weighted by Gasteiger charge is -2.14. The van der Waals surface area contributed by atoms with Crippen molar-refractivity contribution in [3.63, 3.8) is 0 Å². The van der Waals surface area contributed by atoms with Crippen LogP contribution in [0.25, 0.3) is 0 Å². The number of carbonyl (C=O) groups is 2.